The molecule has 1 fully saturated rings. The Morgan fingerprint density at radius 3 is 2.77 bits per heavy atom. The summed E-state index contributed by atoms with van der Waals surface area (Å²) in [7, 11) is 1.81. The molecular weight excluding hydrogens is 380 g/mol. The van der Waals surface area contributed by atoms with Crippen molar-refractivity contribution in [3.63, 3.8) is 0 Å². The van der Waals surface area contributed by atoms with Gasteiger partial charge in [0.05, 0.1) is 17.1 Å². The number of pyridine rings is 1. The van der Waals surface area contributed by atoms with Gasteiger partial charge in [0.15, 0.2) is 6.61 Å². The molecule has 0 spiro atoms. The average molecular weight is 406 g/mol. The van der Waals surface area contributed by atoms with E-state index >= 15 is 0 Å². The lowest BCUT2D eigenvalue weighted by molar-refractivity contribution is -0.134. The van der Waals surface area contributed by atoms with Gasteiger partial charge >= 0.3 is 5.63 Å². The standard InChI is InChI=1S/C24H26N2O4/c1-4-16-13-22(28)30-20-12-15(2)11-19(23(16)20)29-14-21(27)26(3)24(17-8-9-17)18-7-5-6-10-25-18/h5-7,10-13,17,24H,4,8-9,14H2,1-3H3. The lowest BCUT2D eigenvalue weighted by Gasteiger charge is -2.28. The van der Waals surface area contributed by atoms with E-state index in [4.69, 9.17) is 9.15 Å². The van der Waals surface area contributed by atoms with Crippen LogP contribution in [0.2, 0.25) is 0 Å². The molecule has 3 aromatic rings. The normalized spacial score (nSPS) is 14.5. The number of benzene rings is 1. The fourth-order valence-corrected chi connectivity index (χ4v) is 3.98. The minimum Gasteiger partial charge on any atom is -0.483 e. The van der Waals surface area contributed by atoms with E-state index in [0.717, 1.165) is 35.0 Å². The van der Waals surface area contributed by atoms with E-state index in [1.807, 2.05) is 51.2 Å². The van der Waals surface area contributed by atoms with Crippen LogP contribution < -0.4 is 10.4 Å². The molecule has 6 heteroatoms. The van der Waals surface area contributed by atoms with Crippen molar-refractivity contribution < 1.29 is 13.9 Å². The number of ether oxygens (including phenoxy) is 1. The van der Waals surface area contributed by atoms with Crippen molar-refractivity contribution in [2.75, 3.05) is 13.7 Å². The highest BCUT2D eigenvalue weighted by Crippen LogP contribution is 2.43. The van der Waals surface area contributed by atoms with Gasteiger partial charge in [-0.2, -0.15) is 0 Å². The van der Waals surface area contributed by atoms with Crippen LogP contribution >= 0.6 is 0 Å². The van der Waals surface area contributed by atoms with Gasteiger partial charge in [0.2, 0.25) is 0 Å². The molecule has 1 atom stereocenters. The number of aromatic nitrogens is 1. The largest absolute Gasteiger partial charge is 0.483 e. The maximum absolute atomic E-state index is 13.0. The predicted octanol–water partition coefficient (Wildman–Crippen LogP) is 4.05. The molecule has 4 rings (SSSR count). The van der Waals surface area contributed by atoms with Gasteiger partial charge in [0.1, 0.15) is 11.3 Å². The molecule has 2 heterocycles. The zero-order chi connectivity index (χ0) is 21.3. The van der Waals surface area contributed by atoms with E-state index < -0.39 is 0 Å². The molecule has 1 aliphatic carbocycles. The number of fused-ring (bicyclic) bond motifs is 1. The molecule has 1 unspecified atom stereocenters. The van der Waals surface area contributed by atoms with Crippen LogP contribution in [-0.2, 0) is 11.2 Å². The molecule has 6 nitrogen and oxygen atoms in total. The summed E-state index contributed by atoms with van der Waals surface area (Å²) in [4.78, 5) is 31.1. The first kappa shape index (κ1) is 20.1. The Hall–Kier alpha value is -3.15. The third kappa shape index (κ3) is 4.08. The van der Waals surface area contributed by atoms with E-state index in [0.29, 0.717) is 23.7 Å². The van der Waals surface area contributed by atoms with E-state index in [1.54, 1.807) is 11.1 Å². The Bertz CT molecular complexity index is 1120. The number of amides is 1. The second kappa shape index (κ2) is 8.30. The van der Waals surface area contributed by atoms with Crippen LogP contribution in [0.25, 0.3) is 11.0 Å². The number of rotatable bonds is 7. The summed E-state index contributed by atoms with van der Waals surface area (Å²) in [6.07, 6.45) is 4.62. The predicted molar refractivity (Wildman–Crippen MR) is 115 cm³/mol. The Balaban J connectivity index is 1.58. The van der Waals surface area contributed by atoms with Crippen molar-refractivity contribution in [2.45, 2.75) is 39.2 Å². The molecule has 0 bridgehead atoms. The molecule has 156 valence electrons. The van der Waals surface area contributed by atoms with Gasteiger partial charge in [-0.3, -0.25) is 9.78 Å². The number of hydrogen-bond donors (Lipinski definition) is 0. The maximum Gasteiger partial charge on any atom is 0.336 e. The number of carbonyl (C=O) groups excluding carboxylic acids is 1. The highest BCUT2D eigenvalue weighted by atomic mass is 16.5. The van der Waals surface area contributed by atoms with Crippen molar-refractivity contribution in [3.8, 4) is 5.75 Å². The summed E-state index contributed by atoms with van der Waals surface area (Å²) in [5.74, 6) is 0.894. The highest BCUT2D eigenvalue weighted by molar-refractivity contribution is 5.88. The SMILES string of the molecule is CCc1cc(=O)oc2cc(C)cc(OCC(=O)N(C)C(c3ccccn3)C3CC3)c12. The van der Waals surface area contributed by atoms with Gasteiger partial charge in [-0.1, -0.05) is 13.0 Å². The first-order valence-corrected chi connectivity index (χ1v) is 10.3. The third-order valence-corrected chi connectivity index (χ3v) is 5.64. The molecule has 0 saturated heterocycles. The molecule has 1 saturated carbocycles. The Labute approximate surface area is 175 Å². The maximum atomic E-state index is 13.0. The zero-order valence-corrected chi connectivity index (χ0v) is 17.6. The van der Waals surface area contributed by atoms with Crippen LogP contribution in [0.1, 0.15) is 42.6 Å². The third-order valence-electron chi connectivity index (χ3n) is 5.64. The van der Waals surface area contributed by atoms with Gasteiger partial charge in [-0.05, 0) is 67.5 Å². The van der Waals surface area contributed by atoms with Gasteiger partial charge in [-0.15, -0.1) is 0 Å². The smallest absolute Gasteiger partial charge is 0.336 e. The topological polar surface area (TPSA) is 72.6 Å². The van der Waals surface area contributed by atoms with Crippen LogP contribution in [0.15, 0.2) is 51.8 Å². The highest BCUT2D eigenvalue weighted by Gasteiger charge is 2.37. The lowest BCUT2D eigenvalue weighted by Crippen LogP contribution is -2.36. The zero-order valence-electron chi connectivity index (χ0n) is 17.6. The summed E-state index contributed by atoms with van der Waals surface area (Å²) < 4.78 is 11.4. The number of carbonyl (C=O) groups is 1. The van der Waals surface area contributed by atoms with Crippen LogP contribution in [0.5, 0.6) is 5.75 Å². The lowest BCUT2D eigenvalue weighted by atomic mass is 10.0. The van der Waals surface area contributed by atoms with Gasteiger partial charge in [0, 0.05) is 19.3 Å². The number of aryl methyl sites for hydroxylation is 2. The van der Waals surface area contributed by atoms with E-state index in [1.165, 1.54) is 6.07 Å². The molecule has 0 radical (unpaired) electrons. The van der Waals surface area contributed by atoms with Crippen molar-refractivity contribution >= 4 is 16.9 Å². The van der Waals surface area contributed by atoms with Crippen LogP contribution in [0, 0.1) is 12.8 Å². The first-order valence-electron chi connectivity index (χ1n) is 10.3. The first-order chi connectivity index (χ1) is 14.5. The summed E-state index contributed by atoms with van der Waals surface area (Å²) in [6.45, 7) is 3.79. The second-order valence-electron chi connectivity index (χ2n) is 7.91. The Morgan fingerprint density at radius 2 is 2.10 bits per heavy atom. The van der Waals surface area contributed by atoms with Crippen molar-refractivity contribution in [1.29, 1.82) is 0 Å². The molecule has 1 aliphatic rings. The fourth-order valence-electron chi connectivity index (χ4n) is 3.98. The molecule has 1 amide bonds. The van der Waals surface area contributed by atoms with Gasteiger partial charge in [0.25, 0.3) is 5.91 Å². The Kier molecular flexibility index (Phi) is 5.57. The number of nitrogens with zero attached hydrogens (tertiary/aromatic N) is 2. The average Bonchev–Trinajstić information content (AvgIpc) is 3.56. The number of hydrogen-bond acceptors (Lipinski definition) is 5. The molecule has 0 aliphatic heterocycles. The molecule has 1 aromatic carbocycles. The van der Waals surface area contributed by atoms with Crippen molar-refractivity contribution in [2.24, 2.45) is 5.92 Å². The second-order valence-corrected chi connectivity index (χ2v) is 7.91. The fraction of sp³-hybridized carbons (Fsp3) is 0.375. The monoisotopic (exact) mass is 406 g/mol. The molecular formula is C24H26N2O4. The van der Waals surface area contributed by atoms with E-state index in [-0.39, 0.29) is 24.2 Å². The Morgan fingerprint density at radius 1 is 1.30 bits per heavy atom. The summed E-state index contributed by atoms with van der Waals surface area (Å²) in [6, 6.07) is 10.9. The van der Waals surface area contributed by atoms with E-state index in [9.17, 15) is 9.59 Å². The minimum absolute atomic E-state index is 0.0409. The minimum atomic E-state index is -0.380. The molecule has 30 heavy (non-hydrogen) atoms. The van der Waals surface area contributed by atoms with Gasteiger partial charge in [-0.25, -0.2) is 4.79 Å². The van der Waals surface area contributed by atoms with Gasteiger partial charge < -0.3 is 14.1 Å². The summed E-state index contributed by atoms with van der Waals surface area (Å²) in [5.41, 5.74) is 2.76. The quantitative estimate of drug-likeness (QED) is 0.554. The van der Waals surface area contributed by atoms with Crippen molar-refractivity contribution in [3.05, 3.63) is 69.8 Å². The molecule has 0 N–H and O–H groups in total. The van der Waals surface area contributed by atoms with Crippen LogP contribution in [-0.4, -0.2) is 29.4 Å². The van der Waals surface area contributed by atoms with Crippen LogP contribution in [0.3, 0.4) is 0 Å². The number of likely N-dealkylation sites (N-methyl/N-ethyl adjacent to an activating group) is 1. The van der Waals surface area contributed by atoms with E-state index in [2.05, 4.69) is 4.98 Å². The van der Waals surface area contributed by atoms with Crippen molar-refractivity contribution in [1.82, 2.24) is 9.88 Å². The summed E-state index contributed by atoms with van der Waals surface area (Å²) in [5, 5.41) is 0.752. The van der Waals surface area contributed by atoms with Crippen LogP contribution in [0.4, 0.5) is 0 Å². The summed E-state index contributed by atoms with van der Waals surface area (Å²) >= 11 is 0. The molecule has 2 aromatic heterocycles.